The quantitative estimate of drug-likeness (QED) is 0.794. The lowest BCUT2D eigenvalue weighted by Crippen LogP contribution is -2.52. The maximum Gasteiger partial charge on any atom is 0.179 e. The van der Waals surface area contributed by atoms with Gasteiger partial charge in [0.25, 0.3) is 0 Å². The molecule has 5 nitrogen and oxygen atoms in total. The fraction of sp³-hybridized carbons (Fsp3) is 0.625. The number of benzene rings is 1. The van der Waals surface area contributed by atoms with Gasteiger partial charge in [0.05, 0.1) is 17.3 Å². The largest absolute Gasteiger partial charge is 0.395 e. The predicted octanol–water partition coefficient (Wildman–Crippen LogP) is 1.45. The van der Waals surface area contributed by atoms with E-state index in [1.807, 2.05) is 24.9 Å². The molecule has 22 heavy (non-hydrogen) atoms. The molecule has 0 saturated carbocycles. The lowest BCUT2D eigenvalue weighted by Gasteiger charge is -2.31. The highest BCUT2D eigenvalue weighted by Crippen LogP contribution is 2.18. The molecule has 1 aromatic rings. The number of aliphatic hydroxyl groups excluding tert-OH is 1. The van der Waals surface area contributed by atoms with Gasteiger partial charge in [-0.3, -0.25) is 5.43 Å². The van der Waals surface area contributed by atoms with Crippen LogP contribution in [0.3, 0.4) is 0 Å². The van der Waals surface area contributed by atoms with Gasteiger partial charge in [-0.15, -0.1) is 0 Å². The molecule has 1 heterocycles. The van der Waals surface area contributed by atoms with Crippen LogP contribution in [0.1, 0.15) is 26.7 Å². The second-order valence-electron chi connectivity index (χ2n) is 6.25. The molecule has 1 aliphatic heterocycles. The molecule has 0 amide bonds. The summed E-state index contributed by atoms with van der Waals surface area (Å²) in [5.74, 6) is 0.238. The summed E-state index contributed by atoms with van der Waals surface area (Å²) in [5.41, 5.74) is 3.34. The van der Waals surface area contributed by atoms with E-state index in [9.17, 15) is 13.5 Å². The van der Waals surface area contributed by atoms with Crippen LogP contribution in [-0.4, -0.2) is 49.5 Å². The lowest BCUT2D eigenvalue weighted by molar-refractivity contribution is 0.0885. The molecule has 0 radical (unpaired) electrons. The summed E-state index contributed by atoms with van der Waals surface area (Å²) < 4.78 is 25.1. The van der Waals surface area contributed by atoms with Gasteiger partial charge in [-0.05, 0) is 30.9 Å². The first-order valence-corrected chi connectivity index (χ1v) is 9.50. The zero-order chi connectivity index (χ0) is 16.2. The Kier molecular flexibility index (Phi) is 5.97. The first kappa shape index (κ1) is 17.4. The molecule has 6 heteroatoms. The SMILES string of the molecule is CC(C)[C@H](CS(=O)(=O)c1ccccc1)NN1CCC[C@H]1CO. The smallest absolute Gasteiger partial charge is 0.179 e. The Labute approximate surface area is 133 Å². The van der Waals surface area contributed by atoms with Crippen molar-refractivity contribution in [2.45, 2.75) is 43.7 Å². The third-order valence-electron chi connectivity index (χ3n) is 4.23. The van der Waals surface area contributed by atoms with Crippen LogP contribution >= 0.6 is 0 Å². The number of nitrogens with zero attached hydrogens (tertiary/aromatic N) is 1. The number of sulfone groups is 1. The Bertz CT molecular complexity index is 560. The molecular weight excluding hydrogens is 300 g/mol. The topological polar surface area (TPSA) is 69.6 Å². The lowest BCUT2D eigenvalue weighted by atomic mass is 10.1. The Hall–Kier alpha value is -0.950. The molecule has 124 valence electrons. The van der Waals surface area contributed by atoms with Crippen molar-refractivity contribution in [1.29, 1.82) is 0 Å². The number of hydrogen-bond acceptors (Lipinski definition) is 5. The van der Waals surface area contributed by atoms with Gasteiger partial charge in [0, 0.05) is 18.6 Å². The average Bonchev–Trinajstić information content (AvgIpc) is 2.94. The molecule has 1 aromatic carbocycles. The third kappa shape index (κ3) is 4.29. The maximum absolute atomic E-state index is 12.6. The molecule has 0 aromatic heterocycles. The van der Waals surface area contributed by atoms with Gasteiger partial charge < -0.3 is 5.11 Å². The summed E-state index contributed by atoms with van der Waals surface area (Å²) in [6, 6.07) is 8.49. The first-order chi connectivity index (χ1) is 10.4. The molecule has 2 N–H and O–H groups in total. The van der Waals surface area contributed by atoms with Gasteiger partial charge in [-0.25, -0.2) is 13.4 Å². The van der Waals surface area contributed by atoms with E-state index in [0.29, 0.717) is 4.90 Å². The predicted molar refractivity (Wildman–Crippen MR) is 87.1 cm³/mol. The van der Waals surface area contributed by atoms with Gasteiger partial charge in [-0.1, -0.05) is 32.0 Å². The van der Waals surface area contributed by atoms with Crippen LogP contribution in [0.5, 0.6) is 0 Å². The van der Waals surface area contributed by atoms with Crippen LogP contribution in [0.4, 0.5) is 0 Å². The molecule has 0 aliphatic carbocycles. The minimum absolute atomic E-state index is 0.0589. The van der Waals surface area contributed by atoms with Gasteiger partial charge in [0.15, 0.2) is 9.84 Å². The van der Waals surface area contributed by atoms with Crippen molar-refractivity contribution in [2.75, 3.05) is 18.9 Å². The Morgan fingerprint density at radius 1 is 1.32 bits per heavy atom. The molecule has 1 fully saturated rings. The van der Waals surface area contributed by atoms with Crippen molar-refractivity contribution in [3.8, 4) is 0 Å². The number of hydrazine groups is 1. The Balaban J connectivity index is 2.09. The van der Waals surface area contributed by atoms with Crippen LogP contribution in [-0.2, 0) is 9.84 Å². The fourth-order valence-corrected chi connectivity index (χ4v) is 4.44. The van der Waals surface area contributed by atoms with E-state index in [4.69, 9.17) is 0 Å². The van der Waals surface area contributed by atoms with Gasteiger partial charge in [0.2, 0.25) is 0 Å². The maximum atomic E-state index is 12.6. The van der Waals surface area contributed by atoms with E-state index < -0.39 is 9.84 Å². The van der Waals surface area contributed by atoms with Crippen LogP contribution in [0, 0.1) is 5.92 Å². The van der Waals surface area contributed by atoms with Crippen molar-refractivity contribution in [1.82, 2.24) is 10.4 Å². The zero-order valence-corrected chi connectivity index (χ0v) is 14.1. The van der Waals surface area contributed by atoms with Crippen molar-refractivity contribution in [2.24, 2.45) is 5.92 Å². The Morgan fingerprint density at radius 2 is 2.00 bits per heavy atom. The van der Waals surface area contributed by atoms with Crippen molar-refractivity contribution >= 4 is 9.84 Å². The molecule has 1 aliphatic rings. The van der Waals surface area contributed by atoms with E-state index in [1.54, 1.807) is 24.3 Å². The van der Waals surface area contributed by atoms with Crippen molar-refractivity contribution < 1.29 is 13.5 Å². The van der Waals surface area contributed by atoms with E-state index in [2.05, 4.69) is 5.43 Å². The second-order valence-corrected chi connectivity index (χ2v) is 8.28. The molecule has 1 saturated heterocycles. The number of hydrogen-bond donors (Lipinski definition) is 2. The number of nitrogens with one attached hydrogen (secondary N) is 1. The molecule has 2 atom stereocenters. The average molecular weight is 326 g/mol. The van der Waals surface area contributed by atoms with E-state index in [-0.39, 0.29) is 30.4 Å². The normalized spacial score (nSPS) is 21.4. The van der Waals surface area contributed by atoms with Gasteiger partial charge in [0.1, 0.15) is 0 Å². The molecule has 0 spiro atoms. The van der Waals surface area contributed by atoms with Crippen LogP contribution < -0.4 is 5.43 Å². The van der Waals surface area contributed by atoms with Crippen LogP contribution in [0.25, 0.3) is 0 Å². The number of aliphatic hydroxyl groups is 1. The summed E-state index contributed by atoms with van der Waals surface area (Å²) in [5, 5.41) is 11.4. The van der Waals surface area contributed by atoms with Crippen molar-refractivity contribution in [3.05, 3.63) is 30.3 Å². The number of rotatable bonds is 7. The molecule has 2 rings (SSSR count). The summed E-state index contributed by atoms with van der Waals surface area (Å²) in [4.78, 5) is 0.364. The van der Waals surface area contributed by atoms with E-state index in [0.717, 1.165) is 19.4 Å². The highest BCUT2D eigenvalue weighted by molar-refractivity contribution is 7.91. The van der Waals surface area contributed by atoms with Gasteiger partial charge in [-0.2, -0.15) is 0 Å². The first-order valence-electron chi connectivity index (χ1n) is 7.85. The van der Waals surface area contributed by atoms with Crippen LogP contribution in [0.15, 0.2) is 35.2 Å². The third-order valence-corrected chi connectivity index (χ3v) is 6.01. The summed E-state index contributed by atoms with van der Waals surface area (Å²) in [6.07, 6.45) is 1.97. The van der Waals surface area contributed by atoms with Crippen LogP contribution in [0.2, 0.25) is 0 Å². The summed E-state index contributed by atoms with van der Waals surface area (Å²) in [6.45, 7) is 4.98. The minimum atomic E-state index is -3.32. The second kappa shape index (κ2) is 7.55. The minimum Gasteiger partial charge on any atom is -0.395 e. The van der Waals surface area contributed by atoms with E-state index >= 15 is 0 Å². The highest BCUT2D eigenvalue weighted by atomic mass is 32.2. The monoisotopic (exact) mass is 326 g/mol. The Morgan fingerprint density at radius 3 is 2.59 bits per heavy atom. The van der Waals surface area contributed by atoms with Crippen molar-refractivity contribution in [3.63, 3.8) is 0 Å². The fourth-order valence-electron chi connectivity index (χ4n) is 2.75. The summed E-state index contributed by atoms with van der Waals surface area (Å²) in [7, 11) is -3.32. The molecule has 0 bridgehead atoms. The van der Waals surface area contributed by atoms with E-state index in [1.165, 1.54) is 0 Å². The standard InChI is InChI=1S/C16H26N2O3S/c1-13(2)16(17-18-10-6-7-14(18)11-19)12-22(20,21)15-8-4-3-5-9-15/h3-5,8-9,13-14,16-17,19H,6-7,10-12H2,1-2H3/t14-,16-/m0/s1. The molecular formula is C16H26N2O3S. The summed E-state index contributed by atoms with van der Waals surface area (Å²) >= 11 is 0. The highest BCUT2D eigenvalue weighted by Gasteiger charge is 2.30. The molecule has 0 unspecified atom stereocenters. The zero-order valence-electron chi connectivity index (χ0n) is 13.3. The van der Waals surface area contributed by atoms with Gasteiger partial charge >= 0.3 is 0 Å².